The minimum atomic E-state index is 0.283. The zero-order valence-corrected chi connectivity index (χ0v) is 12.1. The van der Waals surface area contributed by atoms with Gasteiger partial charge in [-0.15, -0.1) is 0 Å². The van der Waals surface area contributed by atoms with Gasteiger partial charge in [-0.2, -0.15) is 0 Å². The highest BCUT2D eigenvalue weighted by Gasteiger charge is 2.31. The van der Waals surface area contributed by atoms with Crippen LogP contribution in [0, 0.1) is 5.92 Å². The average molecular weight is 273 g/mol. The highest BCUT2D eigenvalue weighted by atomic mass is 16.5. The van der Waals surface area contributed by atoms with E-state index in [1.54, 1.807) is 0 Å². The smallest absolute Gasteiger partial charge is 0.122 e. The van der Waals surface area contributed by atoms with Crippen LogP contribution in [0.1, 0.15) is 25.3 Å². The number of fused-ring (bicyclic) bond motifs is 1. The molecule has 0 spiro atoms. The molecule has 0 aliphatic carbocycles. The summed E-state index contributed by atoms with van der Waals surface area (Å²) in [6.45, 7) is 4.80. The summed E-state index contributed by atoms with van der Waals surface area (Å²) in [5.74, 6) is 2.60. The summed E-state index contributed by atoms with van der Waals surface area (Å²) in [5, 5.41) is 3.64. The third kappa shape index (κ3) is 2.83. The van der Waals surface area contributed by atoms with Crippen molar-refractivity contribution in [1.82, 2.24) is 5.32 Å². The second-order valence-corrected chi connectivity index (χ2v) is 5.56. The topological polar surface area (TPSA) is 30.5 Å². The van der Waals surface area contributed by atoms with Gasteiger partial charge < -0.3 is 14.8 Å². The van der Waals surface area contributed by atoms with Crippen LogP contribution in [-0.4, -0.2) is 25.8 Å². The lowest BCUT2D eigenvalue weighted by atomic mass is 9.89. The van der Waals surface area contributed by atoms with Gasteiger partial charge in [0.1, 0.15) is 11.5 Å². The molecule has 1 aromatic rings. The third-order valence-corrected chi connectivity index (χ3v) is 4.03. The maximum absolute atomic E-state index is 5.93. The van der Waals surface area contributed by atoms with Crippen LogP contribution in [0.3, 0.4) is 0 Å². The molecule has 3 heteroatoms. The molecule has 0 aromatic heterocycles. The van der Waals surface area contributed by atoms with Crippen LogP contribution in [0.4, 0.5) is 0 Å². The Morgan fingerprint density at radius 1 is 1.30 bits per heavy atom. The van der Waals surface area contributed by atoms with E-state index >= 15 is 0 Å². The quantitative estimate of drug-likeness (QED) is 0.895. The molecule has 2 aliphatic rings. The van der Waals surface area contributed by atoms with E-state index in [0.29, 0.717) is 5.92 Å². The van der Waals surface area contributed by atoms with Crippen molar-refractivity contribution in [3.05, 3.63) is 41.7 Å². The Bertz CT molecular complexity index is 484. The predicted octanol–water partition coefficient (Wildman–Crippen LogP) is 2.91. The van der Waals surface area contributed by atoms with Gasteiger partial charge in [0.15, 0.2) is 0 Å². The first-order valence-electron chi connectivity index (χ1n) is 7.65. The summed E-state index contributed by atoms with van der Waals surface area (Å²) >= 11 is 0. The lowest BCUT2D eigenvalue weighted by molar-refractivity contribution is 0.148. The van der Waals surface area contributed by atoms with Crippen molar-refractivity contribution in [2.45, 2.75) is 32.2 Å². The maximum Gasteiger partial charge on any atom is 0.122 e. The lowest BCUT2D eigenvalue weighted by Gasteiger charge is -2.32. The van der Waals surface area contributed by atoms with Crippen molar-refractivity contribution >= 4 is 0 Å². The monoisotopic (exact) mass is 273 g/mol. The van der Waals surface area contributed by atoms with Gasteiger partial charge in [-0.3, -0.25) is 0 Å². The van der Waals surface area contributed by atoms with Crippen LogP contribution in [0.5, 0.6) is 5.75 Å². The molecule has 2 heterocycles. The van der Waals surface area contributed by atoms with E-state index in [-0.39, 0.29) is 6.04 Å². The molecule has 2 unspecified atom stereocenters. The number of para-hydroxylation sites is 1. The Hall–Kier alpha value is -1.48. The summed E-state index contributed by atoms with van der Waals surface area (Å²) < 4.78 is 11.7. The van der Waals surface area contributed by atoms with Crippen molar-refractivity contribution < 1.29 is 9.47 Å². The standard InChI is InChI=1S/C17H23NO2/c1-2-9-18-17(16-8-5-10-19-16)14-11-13-6-3-4-7-15(13)20-12-14/h3-4,6-8,14,17-18H,2,5,9-12H2,1H3. The van der Waals surface area contributed by atoms with Crippen LogP contribution in [-0.2, 0) is 11.2 Å². The van der Waals surface area contributed by atoms with Gasteiger partial charge in [0.2, 0.25) is 0 Å². The normalized spacial score (nSPS) is 22.4. The fourth-order valence-electron chi connectivity index (χ4n) is 3.02. The first kappa shape index (κ1) is 13.5. The SMILES string of the molecule is CCCNC(C1=CCCO1)C1COc2ccccc2C1. The number of ether oxygens (including phenoxy) is 2. The average Bonchev–Trinajstić information content (AvgIpc) is 3.02. The number of nitrogens with one attached hydrogen (secondary N) is 1. The molecule has 1 aromatic carbocycles. The van der Waals surface area contributed by atoms with Gasteiger partial charge in [-0.05, 0) is 37.1 Å². The minimum absolute atomic E-state index is 0.283. The molecule has 0 radical (unpaired) electrons. The summed E-state index contributed by atoms with van der Waals surface area (Å²) in [6.07, 6.45) is 5.45. The second-order valence-electron chi connectivity index (χ2n) is 5.56. The number of hydrogen-bond donors (Lipinski definition) is 1. The highest BCUT2D eigenvalue weighted by Crippen LogP contribution is 2.31. The van der Waals surface area contributed by atoms with E-state index in [0.717, 1.165) is 50.5 Å². The second kappa shape index (κ2) is 6.31. The van der Waals surface area contributed by atoms with Crippen LogP contribution in [0.25, 0.3) is 0 Å². The molecule has 108 valence electrons. The summed E-state index contributed by atoms with van der Waals surface area (Å²) in [4.78, 5) is 0. The van der Waals surface area contributed by atoms with Crippen molar-refractivity contribution in [1.29, 1.82) is 0 Å². The largest absolute Gasteiger partial charge is 0.496 e. The van der Waals surface area contributed by atoms with Gasteiger partial charge in [0, 0.05) is 12.3 Å². The molecule has 2 aliphatic heterocycles. The van der Waals surface area contributed by atoms with Crippen molar-refractivity contribution in [3.63, 3.8) is 0 Å². The minimum Gasteiger partial charge on any atom is -0.496 e. The van der Waals surface area contributed by atoms with E-state index < -0.39 is 0 Å². The fraction of sp³-hybridized carbons (Fsp3) is 0.529. The molecule has 0 bridgehead atoms. The first-order valence-corrected chi connectivity index (χ1v) is 7.65. The molecule has 1 N–H and O–H groups in total. The molecule has 2 atom stereocenters. The Balaban J connectivity index is 1.75. The molecular weight excluding hydrogens is 250 g/mol. The molecule has 0 saturated carbocycles. The Morgan fingerprint density at radius 3 is 3.00 bits per heavy atom. The Kier molecular flexibility index (Phi) is 4.26. The van der Waals surface area contributed by atoms with Gasteiger partial charge in [-0.25, -0.2) is 0 Å². The maximum atomic E-state index is 5.93. The Labute approximate surface area is 121 Å². The summed E-state index contributed by atoms with van der Waals surface area (Å²) in [5.41, 5.74) is 1.31. The van der Waals surface area contributed by atoms with Crippen molar-refractivity contribution in [3.8, 4) is 5.75 Å². The molecule has 0 fully saturated rings. The molecule has 3 rings (SSSR count). The summed E-state index contributed by atoms with van der Waals surface area (Å²) in [6, 6.07) is 8.64. The molecule has 0 amide bonds. The van der Waals surface area contributed by atoms with Crippen molar-refractivity contribution in [2.24, 2.45) is 5.92 Å². The number of rotatable bonds is 5. The zero-order chi connectivity index (χ0) is 13.8. The predicted molar refractivity (Wildman–Crippen MR) is 79.9 cm³/mol. The molecule has 0 saturated heterocycles. The van der Waals surface area contributed by atoms with Crippen molar-refractivity contribution in [2.75, 3.05) is 19.8 Å². The molecule has 20 heavy (non-hydrogen) atoms. The molecule has 3 nitrogen and oxygen atoms in total. The fourth-order valence-corrected chi connectivity index (χ4v) is 3.02. The first-order chi connectivity index (χ1) is 9.88. The van der Waals surface area contributed by atoms with E-state index in [2.05, 4.69) is 36.5 Å². The Morgan fingerprint density at radius 2 is 2.20 bits per heavy atom. The number of benzene rings is 1. The van der Waals surface area contributed by atoms with Crippen LogP contribution in [0.2, 0.25) is 0 Å². The van der Waals surface area contributed by atoms with E-state index in [1.807, 2.05) is 6.07 Å². The van der Waals surface area contributed by atoms with Crippen LogP contribution < -0.4 is 10.1 Å². The van der Waals surface area contributed by atoms with Gasteiger partial charge >= 0.3 is 0 Å². The lowest BCUT2D eigenvalue weighted by Crippen LogP contribution is -2.43. The number of hydrogen-bond acceptors (Lipinski definition) is 3. The molecular formula is C17H23NO2. The van der Waals surface area contributed by atoms with E-state index in [9.17, 15) is 0 Å². The van der Waals surface area contributed by atoms with E-state index in [4.69, 9.17) is 9.47 Å². The van der Waals surface area contributed by atoms with Gasteiger partial charge in [-0.1, -0.05) is 25.1 Å². The van der Waals surface area contributed by atoms with Gasteiger partial charge in [0.25, 0.3) is 0 Å². The van der Waals surface area contributed by atoms with E-state index in [1.165, 1.54) is 5.56 Å². The zero-order valence-electron chi connectivity index (χ0n) is 12.1. The van der Waals surface area contributed by atoms with Gasteiger partial charge in [0.05, 0.1) is 19.3 Å². The third-order valence-electron chi connectivity index (χ3n) is 4.03. The highest BCUT2D eigenvalue weighted by molar-refractivity contribution is 5.35. The van der Waals surface area contributed by atoms with Crippen LogP contribution in [0.15, 0.2) is 36.1 Å². The summed E-state index contributed by atoms with van der Waals surface area (Å²) in [7, 11) is 0. The van der Waals surface area contributed by atoms with Crippen LogP contribution >= 0.6 is 0 Å².